The van der Waals surface area contributed by atoms with E-state index in [-0.39, 0.29) is 28.5 Å². The standard InChI is InChI=1S/C25H31N2.C19H26N3O3.Au/c1-7-20-11-9-13-22(18(3)4)24(20)26-15-16-27(17-26)25-21(8-2)12-10-14-23(25)19(5)6;1-15-12-16(2)18(17(3)13-15)22-5-4-20(14-22)6-11-25-19(23)21-7-9-24-10-8-21;/h7-19H,1-6H3;4-5,12-14H,6-11H2,1-3H3;/q-3;-1;. The molecule has 0 aromatic heterocycles. The van der Waals surface area contributed by atoms with Gasteiger partial charge in [0.25, 0.3) is 0 Å². The second kappa shape index (κ2) is 19.4. The van der Waals surface area contributed by atoms with E-state index >= 15 is 0 Å². The molecule has 3 aliphatic heterocycles. The number of hydrogen-bond acceptors (Lipinski definition) is 7. The largest absolute Gasteiger partial charge is 0.533 e. The van der Waals surface area contributed by atoms with Crippen molar-refractivity contribution in [3.8, 4) is 0 Å². The first-order valence-electron chi connectivity index (χ1n) is 18.6. The van der Waals surface area contributed by atoms with Crippen LogP contribution in [0, 0.1) is 47.0 Å². The number of amides is 1. The molecule has 0 N–H and O–H groups in total. The molecular weight excluding hydrogens is 843 g/mol. The number of hydrogen-bond donors (Lipinski definition) is 0. The third kappa shape index (κ3) is 10.2. The predicted molar refractivity (Wildman–Crippen MR) is 215 cm³/mol. The maximum Gasteiger partial charge on any atom is 0.409 e. The van der Waals surface area contributed by atoms with Crippen LogP contribution in [0.15, 0.2) is 73.3 Å². The first-order valence-corrected chi connectivity index (χ1v) is 18.6. The number of carbonyl (C=O) groups excluding carboxylic acids is 1. The van der Waals surface area contributed by atoms with Crippen LogP contribution in [0.4, 0.5) is 21.9 Å². The zero-order valence-corrected chi connectivity index (χ0v) is 35.1. The maximum absolute atomic E-state index is 12.0. The van der Waals surface area contributed by atoms with E-state index in [0.29, 0.717) is 51.3 Å². The van der Waals surface area contributed by atoms with Crippen molar-refractivity contribution in [1.29, 1.82) is 0 Å². The molecule has 53 heavy (non-hydrogen) atoms. The van der Waals surface area contributed by atoms with E-state index < -0.39 is 0 Å². The van der Waals surface area contributed by atoms with E-state index in [1.165, 1.54) is 56.0 Å². The SMILES string of the molecule is C[CH-]c1cccc(C(C)C)c1N1C=CN(c2c([CH-]C)cccc2C(C)C)[CH-]1.Cc1cc(C)c(N2C=CN(CCOC(=O)N3CCOCC3)[CH-]2)c(C)c1.[Au]. The van der Waals surface area contributed by atoms with Gasteiger partial charge in [-0.05, 0) is 68.5 Å². The normalized spacial score (nSPS) is 15.2. The van der Waals surface area contributed by atoms with Crippen LogP contribution in [0.1, 0.15) is 92.3 Å². The van der Waals surface area contributed by atoms with E-state index in [1.54, 1.807) is 4.90 Å². The number of carbonyl (C=O) groups is 1. The molecule has 0 unspecified atom stereocenters. The predicted octanol–water partition coefficient (Wildman–Crippen LogP) is 9.79. The van der Waals surface area contributed by atoms with E-state index in [1.807, 2.05) is 24.0 Å². The van der Waals surface area contributed by atoms with Crippen LogP contribution < -0.4 is 14.7 Å². The Morgan fingerprint density at radius 3 is 1.74 bits per heavy atom. The minimum Gasteiger partial charge on any atom is -0.533 e. The maximum atomic E-state index is 12.0. The summed E-state index contributed by atoms with van der Waals surface area (Å²) in [4.78, 5) is 22.3. The number of aryl methyl sites for hydroxylation is 3. The summed E-state index contributed by atoms with van der Waals surface area (Å²) in [5.41, 5.74) is 12.8. The monoisotopic (exact) mass is 900 g/mol. The molecule has 3 aromatic carbocycles. The van der Waals surface area contributed by atoms with Gasteiger partial charge >= 0.3 is 6.09 Å². The molecule has 1 saturated heterocycles. The minimum atomic E-state index is -0.256. The first kappa shape index (κ1) is 41.8. The Labute approximate surface area is 334 Å². The van der Waals surface area contributed by atoms with Crippen LogP contribution >= 0.6 is 0 Å². The number of morpholine rings is 1. The van der Waals surface area contributed by atoms with Gasteiger partial charge in [-0.1, -0.05) is 93.9 Å². The molecule has 0 atom stereocenters. The molecule has 6 rings (SSSR count). The topological polar surface area (TPSA) is 51.7 Å². The number of anilines is 3. The first-order chi connectivity index (χ1) is 25.0. The van der Waals surface area contributed by atoms with Crippen molar-refractivity contribution in [1.82, 2.24) is 9.80 Å². The van der Waals surface area contributed by atoms with Crippen molar-refractivity contribution in [3.63, 3.8) is 0 Å². The van der Waals surface area contributed by atoms with Crippen molar-refractivity contribution in [2.45, 2.75) is 74.1 Å². The molecular formula is C44H57AuN5O3-4. The fourth-order valence-electron chi connectivity index (χ4n) is 7.09. The van der Waals surface area contributed by atoms with Crippen molar-refractivity contribution in [2.24, 2.45) is 0 Å². The molecule has 1 amide bonds. The van der Waals surface area contributed by atoms with Crippen LogP contribution in [-0.4, -0.2) is 55.3 Å². The van der Waals surface area contributed by atoms with Gasteiger partial charge in [-0.15, -0.1) is 12.1 Å². The van der Waals surface area contributed by atoms with Crippen molar-refractivity contribution in [3.05, 3.63) is 138 Å². The Morgan fingerprint density at radius 2 is 1.25 bits per heavy atom. The molecule has 0 aliphatic carbocycles. The fraction of sp³-hybridized carbons (Fsp3) is 0.386. The van der Waals surface area contributed by atoms with Crippen molar-refractivity contribution < 1.29 is 36.6 Å². The van der Waals surface area contributed by atoms with E-state index in [4.69, 9.17) is 9.47 Å². The second-order valence-corrected chi connectivity index (χ2v) is 14.2. The Kier molecular flexibility index (Phi) is 15.3. The quantitative estimate of drug-likeness (QED) is 0.149. The number of para-hydroxylation sites is 2. The molecule has 1 fully saturated rings. The molecule has 0 saturated carbocycles. The summed E-state index contributed by atoms with van der Waals surface area (Å²) in [6, 6.07) is 17.6. The van der Waals surface area contributed by atoms with Crippen molar-refractivity contribution in [2.75, 3.05) is 54.2 Å². The number of nitrogens with zero attached hydrogens (tertiary/aromatic N) is 5. The van der Waals surface area contributed by atoms with Crippen LogP contribution in [0.25, 0.3) is 0 Å². The number of ether oxygens (including phenoxy) is 2. The smallest absolute Gasteiger partial charge is 0.409 e. The zero-order chi connectivity index (χ0) is 37.4. The van der Waals surface area contributed by atoms with E-state index in [2.05, 4.69) is 157 Å². The van der Waals surface area contributed by atoms with E-state index in [0.717, 1.165) is 0 Å². The van der Waals surface area contributed by atoms with Crippen molar-refractivity contribution >= 4 is 23.2 Å². The Hall–Kier alpha value is -3.95. The second-order valence-electron chi connectivity index (χ2n) is 14.2. The molecule has 291 valence electrons. The molecule has 0 bridgehead atoms. The summed E-state index contributed by atoms with van der Waals surface area (Å²) < 4.78 is 10.6. The molecule has 3 aliphatic rings. The van der Waals surface area contributed by atoms with Gasteiger partial charge in [-0.3, -0.25) is 0 Å². The number of rotatable bonds is 10. The van der Waals surface area contributed by atoms with Gasteiger partial charge in [0.1, 0.15) is 6.61 Å². The molecule has 8 nitrogen and oxygen atoms in total. The molecule has 0 spiro atoms. The van der Waals surface area contributed by atoms with Gasteiger partial charge in [0.2, 0.25) is 0 Å². The van der Waals surface area contributed by atoms with Gasteiger partial charge in [0.15, 0.2) is 0 Å². The Morgan fingerprint density at radius 1 is 0.755 bits per heavy atom. The van der Waals surface area contributed by atoms with Crippen LogP contribution in [0.3, 0.4) is 0 Å². The average molecular weight is 901 g/mol. The van der Waals surface area contributed by atoms with Gasteiger partial charge in [-0.25, -0.2) is 4.79 Å². The minimum absolute atomic E-state index is 0. The zero-order valence-electron chi connectivity index (χ0n) is 32.9. The van der Waals surface area contributed by atoms with Gasteiger partial charge < -0.3 is 34.0 Å². The van der Waals surface area contributed by atoms with Gasteiger partial charge in [-0.2, -0.15) is 49.4 Å². The third-order valence-corrected chi connectivity index (χ3v) is 9.65. The summed E-state index contributed by atoms with van der Waals surface area (Å²) in [6.45, 7) is 27.2. The summed E-state index contributed by atoms with van der Waals surface area (Å²) in [5, 5.41) is 0. The summed E-state index contributed by atoms with van der Waals surface area (Å²) in [5.74, 6) is 0.941. The molecule has 3 heterocycles. The summed E-state index contributed by atoms with van der Waals surface area (Å²) in [7, 11) is 0. The summed E-state index contributed by atoms with van der Waals surface area (Å²) >= 11 is 0. The summed E-state index contributed by atoms with van der Waals surface area (Å²) in [6.07, 6.45) is 12.5. The Balaban J connectivity index is 0.000000233. The number of benzene rings is 3. The fourth-order valence-corrected chi connectivity index (χ4v) is 7.09. The van der Waals surface area contributed by atoms with E-state index in [9.17, 15) is 4.79 Å². The average Bonchev–Trinajstić information content (AvgIpc) is 3.81. The molecule has 1 radical (unpaired) electrons. The van der Waals surface area contributed by atoms with Crippen LogP contribution in [-0.2, 0) is 31.9 Å². The molecule has 9 heteroatoms. The Bertz CT molecular complexity index is 1640. The van der Waals surface area contributed by atoms with Crippen LogP contribution in [0.5, 0.6) is 0 Å². The van der Waals surface area contributed by atoms with Gasteiger partial charge in [0, 0.05) is 47.7 Å². The third-order valence-electron chi connectivity index (χ3n) is 9.65. The van der Waals surface area contributed by atoms with Crippen LogP contribution in [0.2, 0.25) is 0 Å². The molecule has 3 aromatic rings. The van der Waals surface area contributed by atoms with Gasteiger partial charge in [0.05, 0.1) is 13.2 Å².